The van der Waals surface area contributed by atoms with Crippen LogP contribution in [0.25, 0.3) is 10.9 Å². The van der Waals surface area contributed by atoms with E-state index >= 15 is 0 Å². The van der Waals surface area contributed by atoms with Crippen LogP contribution in [0.2, 0.25) is 0 Å². The number of rotatable bonds is 3. The van der Waals surface area contributed by atoms with Crippen molar-refractivity contribution in [1.29, 1.82) is 0 Å². The number of nitrogens with zero attached hydrogens (tertiary/aromatic N) is 1. The number of hydrogen-bond donors (Lipinski definition) is 0. The summed E-state index contributed by atoms with van der Waals surface area (Å²) < 4.78 is 9.62. The van der Waals surface area contributed by atoms with Crippen molar-refractivity contribution >= 4 is 22.8 Å². The zero-order valence-electron chi connectivity index (χ0n) is 12.4. The van der Waals surface area contributed by atoms with Gasteiger partial charge in [0, 0.05) is 11.1 Å². The summed E-state index contributed by atoms with van der Waals surface area (Å²) in [6, 6.07) is 7.53. The molecule has 1 aliphatic rings. The highest BCUT2D eigenvalue weighted by molar-refractivity contribution is 6.05. The molecule has 0 bridgehead atoms. The summed E-state index contributed by atoms with van der Waals surface area (Å²) in [5, 5.41) is 0.776. The minimum absolute atomic E-state index is 0.374. The Hall–Kier alpha value is -2.43. The Morgan fingerprint density at radius 3 is 2.77 bits per heavy atom. The van der Waals surface area contributed by atoms with Crippen LogP contribution in [-0.2, 0) is 27.1 Å². The molecule has 0 unspecified atom stereocenters. The van der Waals surface area contributed by atoms with Gasteiger partial charge in [-0.3, -0.25) is 4.98 Å². The second-order valence-electron chi connectivity index (χ2n) is 5.29. The van der Waals surface area contributed by atoms with Crippen LogP contribution in [-0.4, -0.2) is 30.6 Å². The largest absolute Gasteiger partial charge is 0.466 e. The topological polar surface area (TPSA) is 65.5 Å². The van der Waals surface area contributed by atoms with E-state index in [1.807, 2.05) is 24.3 Å². The number of carbonyl (C=O) groups is 2. The average molecular weight is 299 g/mol. The van der Waals surface area contributed by atoms with Gasteiger partial charge in [0.05, 0.1) is 18.2 Å². The van der Waals surface area contributed by atoms with E-state index < -0.39 is 11.9 Å². The Morgan fingerprint density at radius 2 is 1.95 bits per heavy atom. The molecule has 5 nitrogen and oxygen atoms in total. The fourth-order valence-corrected chi connectivity index (χ4v) is 2.86. The Morgan fingerprint density at radius 1 is 1.18 bits per heavy atom. The van der Waals surface area contributed by atoms with Crippen molar-refractivity contribution in [3.8, 4) is 0 Å². The molecular formula is C17H17NO4. The third-order valence-electron chi connectivity index (χ3n) is 3.92. The first-order valence-electron chi connectivity index (χ1n) is 7.35. The quantitative estimate of drug-likeness (QED) is 0.814. The van der Waals surface area contributed by atoms with Gasteiger partial charge in [-0.25, -0.2) is 9.59 Å². The number of para-hydroxylation sites is 1. The molecule has 0 radical (unpaired) electrons. The van der Waals surface area contributed by atoms with Crippen LogP contribution in [0.1, 0.15) is 34.5 Å². The van der Waals surface area contributed by atoms with Crippen molar-refractivity contribution < 1.29 is 19.1 Å². The SMILES string of the molecule is COC(=O)COC(=O)c1c2c(nc3ccccc13)CCCC2. The maximum Gasteiger partial charge on any atom is 0.344 e. The van der Waals surface area contributed by atoms with Crippen LogP contribution in [0, 0.1) is 0 Å². The highest BCUT2D eigenvalue weighted by Crippen LogP contribution is 2.29. The van der Waals surface area contributed by atoms with E-state index in [-0.39, 0.29) is 6.61 Å². The molecule has 5 heteroatoms. The second kappa shape index (κ2) is 6.13. The number of ether oxygens (including phenoxy) is 2. The third-order valence-corrected chi connectivity index (χ3v) is 3.92. The van der Waals surface area contributed by atoms with Gasteiger partial charge in [0.25, 0.3) is 0 Å². The average Bonchev–Trinajstić information content (AvgIpc) is 2.57. The predicted octanol–water partition coefficient (Wildman–Crippen LogP) is 2.44. The molecule has 1 heterocycles. The van der Waals surface area contributed by atoms with Crippen molar-refractivity contribution in [2.45, 2.75) is 25.7 Å². The minimum Gasteiger partial charge on any atom is -0.466 e. The van der Waals surface area contributed by atoms with E-state index in [0.717, 1.165) is 47.8 Å². The van der Waals surface area contributed by atoms with Crippen molar-refractivity contribution in [3.63, 3.8) is 0 Å². The highest BCUT2D eigenvalue weighted by Gasteiger charge is 2.24. The van der Waals surface area contributed by atoms with Gasteiger partial charge in [0.15, 0.2) is 6.61 Å². The van der Waals surface area contributed by atoms with E-state index in [4.69, 9.17) is 4.74 Å². The standard InChI is InChI=1S/C17H17NO4/c1-21-15(19)10-22-17(20)16-11-6-2-4-8-13(11)18-14-9-5-3-7-12(14)16/h2,4,6,8H,3,5,7,9-10H2,1H3. The summed E-state index contributed by atoms with van der Waals surface area (Å²) in [6.07, 6.45) is 3.80. The molecule has 1 aromatic heterocycles. The lowest BCUT2D eigenvalue weighted by Crippen LogP contribution is -2.19. The van der Waals surface area contributed by atoms with Gasteiger partial charge >= 0.3 is 11.9 Å². The zero-order chi connectivity index (χ0) is 15.5. The van der Waals surface area contributed by atoms with Gasteiger partial charge in [-0.2, -0.15) is 0 Å². The summed E-state index contributed by atoms with van der Waals surface area (Å²) in [7, 11) is 1.26. The molecule has 0 N–H and O–H groups in total. The number of benzene rings is 1. The van der Waals surface area contributed by atoms with E-state index in [2.05, 4.69) is 9.72 Å². The molecule has 2 aromatic rings. The van der Waals surface area contributed by atoms with Crippen LogP contribution in [0.5, 0.6) is 0 Å². The van der Waals surface area contributed by atoms with Crippen molar-refractivity contribution in [1.82, 2.24) is 4.98 Å². The van der Waals surface area contributed by atoms with Crippen LogP contribution >= 0.6 is 0 Å². The van der Waals surface area contributed by atoms with Crippen LogP contribution < -0.4 is 0 Å². The first kappa shape index (κ1) is 14.5. The smallest absolute Gasteiger partial charge is 0.344 e. The number of esters is 2. The van der Waals surface area contributed by atoms with E-state index in [9.17, 15) is 9.59 Å². The Bertz CT molecular complexity index is 739. The summed E-state index contributed by atoms with van der Waals surface area (Å²) in [5.41, 5.74) is 3.26. The molecule has 1 aliphatic carbocycles. The van der Waals surface area contributed by atoms with Crippen LogP contribution in [0.3, 0.4) is 0 Å². The molecule has 114 valence electrons. The molecular weight excluding hydrogens is 282 g/mol. The molecule has 0 saturated carbocycles. The highest BCUT2D eigenvalue weighted by atomic mass is 16.6. The molecule has 1 aromatic carbocycles. The summed E-state index contributed by atoms with van der Waals surface area (Å²) >= 11 is 0. The third kappa shape index (κ3) is 2.66. The summed E-state index contributed by atoms with van der Waals surface area (Å²) in [5.74, 6) is -1.05. The van der Waals surface area contributed by atoms with Gasteiger partial charge < -0.3 is 9.47 Å². The number of pyridine rings is 1. The predicted molar refractivity (Wildman–Crippen MR) is 80.7 cm³/mol. The number of aryl methyl sites for hydroxylation is 1. The molecule has 3 rings (SSSR count). The Kier molecular flexibility index (Phi) is 4.04. The fraction of sp³-hybridized carbons (Fsp3) is 0.353. The number of carbonyl (C=O) groups excluding carboxylic acids is 2. The van der Waals surface area contributed by atoms with Gasteiger partial charge in [-0.05, 0) is 37.3 Å². The first-order chi connectivity index (χ1) is 10.7. The lowest BCUT2D eigenvalue weighted by molar-refractivity contribution is -0.144. The Labute approximate surface area is 128 Å². The van der Waals surface area contributed by atoms with Crippen LogP contribution in [0.4, 0.5) is 0 Å². The normalized spacial score (nSPS) is 13.5. The molecule has 0 saturated heterocycles. The number of methoxy groups -OCH3 is 1. The second-order valence-corrected chi connectivity index (χ2v) is 5.29. The molecule has 0 spiro atoms. The van der Waals surface area contributed by atoms with Gasteiger partial charge in [-0.15, -0.1) is 0 Å². The van der Waals surface area contributed by atoms with E-state index in [1.165, 1.54) is 7.11 Å². The Balaban J connectivity index is 2.06. The summed E-state index contributed by atoms with van der Waals surface area (Å²) in [6.45, 7) is -0.374. The zero-order valence-corrected chi connectivity index (χ0v) is 12.4. The van der Waals surface area contributed by atoms with Crippen LogP contribution in [0.15, 0.2) is 24.3 Å². The lowest BCUT2D eigenvalue weighted by atomic mass is 9.90. The van der Waals surface area contributed by atoms with Gasteiger partial charge in [0.2, 0.25) is 0 Å². The maximum atomic E-state index is 12.5. The maximum absolute atomic E-state index is 12.5. The molecule has 22 heavy (non-hydrogen) atoms. The van der Waals surface area contributed by atoms with Gasteiger partial charge in [0.1, 0.15) is 0 Å². The molecule has 0 aliphatic heterocycles. The minimum atomic E-state index is -0.569. The summed E-state index contributed by atoms with van der Waals surface area (Å²) in [4.78, 5) is 28.4. The number of aromatic nitrogens is 1. The lowest BCUT2D eigenvalue weighted by Gasteiger charge is -2.19. The van der Waals surface area contributed by atoms with Crippen molar-refractivity contribution in [3.05, 3.63) is 41.1 Å². The first-order valence-corrected chi connectivity index (χ1v) is 7.35. The van der Waals surface area contributed by atoms with Crippen molar-refractivity contribution in [2.75, 3.05) is 13.7 Å². The molecule has 0 amide bonds. The fourth-order valence-electron chi connectivity index (χ4n) is 2.86. The van der Waals surface area contributed by atoms with Crippen molar-refractivity contribution in [2.24, 2.45) is 0 Å². The molecule has 0 fully saturated rings. The number of fused-ring (bicyclic) bond motifs is 2. The molecule has 0 atom stereocenters. The van der Waals surface area contributed by atoms with Gasteiger partial charge in [-0.1, -0.05) is 18.2 Å². The monoisotopic (exact) mass is 299 g/mol. The number of hydrogen-bond acceptors (Lipinski definition) is 5. The van der Waals surface area contributed by atoms with E-state index in [1.54, 1.807) is 0 Å². The van der Waals surface area contributed by atoms with E-state index in [0.29, 0.717) is 5.56 Å².